The lowest BCUT2D eigenvalue weighted by atomic mass is 9.69. The zero-order chi connectivity index (χ0) is 26.4. The molecular weight excluding hydrogens is 468 g/mol. The van der Waals surface area contributed by atoms with Crippen LogP contribution in [-0.4, -0.2) is 69.8 Å². The number of urea groups is 1. The van der Waals surface area contributed by atoms with Gasteiger partial charge in [0.25, 0.3) is 5.91 Å². The second kappa shape index (κ2) is 9.26. The summed E-state index contributed by atoms with van der Waals surface area (Å²) >= 11 is 0. The van der Waals surface area contributed by atoms with Crippen molar-refractivity contribution in [2.75, 3.05) is 37.5 Å². The lowest BCUT2D eigenvalue weighted by Gasteiger charge is -2.48. The number of carbonyl (C=O) groups is 2. The third kappa shape index (κ3) is 4.35. The van der Waals surface area contributed by atoms with E-state index in [-0.39, 0.29) is 29.0 Å². The van der Waals surface area contributed by atoms with E-state index in [9.17, 15) is 9.59 Å². The Balaban J connectivity index is 1.29. The molecule has 1 N–H and O–H groups in total. The molecule has 194 valence electrons. The van der Waals surface area contributed by atoms with Crippen LogP contribution in [0.4, 0.5) is 16.4 Å². The zero-order valence-corrected chi connectivity index (χ0v) is 22.1. The molecule has 1 spiro atoms. The Morgan fingerprint density at radius 3 is 2.24 bits per heavy atom. The number of anilines is 2. The number of aromatic nitrogens is 4. The van der Waals surface area contributed by atoms with E-state index in [1.807, 2.05) is 13.0 Å². The smallest absolute Gasteiger partial charge is 0.322 e. The third-order valence-corrected chi connectivity index (χ3v) is 8.04. The van der Waals surface area contributed by atoms with Gasteiger partial charge in [-0.25, -0.2) is 14.8 Å². The summed E-state index contributed by atoms with van der Waals surface area (Å²) in [6.45, 7) is 2.40. The maximum absolute atomic E-state index is 13.0. The molecule has 1 aliphatic heterocycles. The van der Waals surface area contributed by atoms with E-state index in [0.717, 1.165) is 31.4 Å². The van der Waals surface area contributed by atoms with Crippen LogP contribution in [0.5, 0.6) is 0 Å². The minimum atomic E-state index is -0.284. The Labute approximate surface area is 217 Å². The molecule has 10 nitrogen and oxygen atoms in total. The van der Waals surface area contributed by atoms with Gasteiger partial charge in [-0.05, 0) is 58.3 Å². The molecule has 1 aliphatic carbocycles. The number of nitrogens with one attached hydrogen (secondary N) is 1. The second-order valence-corrected chi connectivity index (χ2v) is 10.5. The van der Waals surface area contributed by atoms with Crippen LogP contribution < -0.4 is 15.1 Å². The van der Waals surface area contributed by atoms with E-state index >= 15 is 0 Å². The minimum Gasteiger partial charge on any atom is -0.330 e. The Bertz CT molecular complexity index is 1290. The molecule has 5 rings (SSSR count). The maximum atomic E-state index is 13.0. The van der Waals surface area contributed by atoms with Crippen LogP contribution in [0.15, 0.2) is 48.8 Å². The summed E-state index contributed by atoms with van der Waals surface area (Å²) < 4.78 is 1.55. The zero-order valence-electron chi connectivity index (χ0n) is 22.1. The number of hydrogen-bond acceptors (Lipinski definition) is 6. The molecule has 10 heteroatoms. The number of hydrogen-bond donors (Lipinski definition) is 1. The van der Waals surface area contributed by atoms with E-state index in [1.54, 1.807) is 42.1 Å². The monoisotopic (exact) mass is 502 g/mol. The van der Waals surface area contributed by atoms with Gasteiger partial charge in [-0.1, -0.05) is 30.3 Å². The molecule has 3 heterocycles. The van der Waals surface area contributed by atoms with Crippen LogP contribution in [-0.2, 0) is 12.6 Å². The highest BCUT2D eigenvalue weighted by Crippen LogP contribution is 2.46. The van der Waals surface area contributed by atoms with Crippen molar-refractivity contribution in [3.8, 4) is 0 Å². The largest absolute Gasteiger partial charge is 0.330 e. The van der Waals surface area contributed by atoms with Crippen LogP contribution in [0, 0.1) is 6.92 Å². The summed E-state index contributed by atoms with van der Waals surface area (Å²) in [6.07, 6.45) is 6.87. The van der Waals surface area contributed by atoms with Gasteiger partial charge in [0.1, 0.15) is 5.69 Å². The molecule has 37 heavy (non-hydrogen) atoms. The van der Waals surface area contributed by atoms with Crippen molar-refractivity contribution in [2.24, 2.45) is 7.05 Å². The van der Waals surface area contributed by atoms with Gasteiger partial charge in [0.05, 0.1) is 35.9 Å². The van der Waals surface area contributed by atoms with Gasteiger partial charge in [0, 0.05) is 19.6 Å². The van der Waals surface area contributed by atoms with E-state index in [2.05, 4.69) is 63.6 Å². The number of benzene rings is 1. The second-order valence-electron chi connectivity index (χ2n) is 10.5. The Hall–Kier alpha value is -3.79. The van der Waals surface area contributed by atoms with Crippen molar-refractivity contribution in [1.82, 2.24) is 30.0 Å². The van der Waals surface area contributed by atoms with Gasteiger partial charge in [-0.3, -0.25) is 24.2 Å². The molecular formula is C27H34N8O2. The number of rotatable bonds is 5. The molecule has 3 aromatic rings. The molecule has 1 aromatic carbocycles. The van der Waals surface area contributed by atoms with Gasteiger partial charge in [-0.2, -0.15) is 5.10 Å². The van der Waals surface area contributed by atoms with E-state index in [0.29, 0.717) is 17.9 Å². The van der Waals surface area contributed by atoms with Gasteiger partial charge in [0.2, 0.25) is 5.95 Å². The van der Waals surface area contributed by atoms with Gasteiger partial charge < -0.3 is 5.32 Å². The summed E-state index contributed by atoms with van der Waals surface area (Å²) in [5.41, 5.74) is 2.82. The molecule has 0 bridgehead atoms. The van der Waals surface area contributed by atoms with Crippen LogP contribution in [0.3, 0.4) is 0 Å². The Kier molecular flexibility index (Phi) is 6.23. The fraction of sp³-hybridized carbons (Fsp3) is 0.444. The maximum Gasteiger partial charge on any atom is 0.322 e. The fourth-order valence-corrected chi connectivity index (χ4v) is 5.78. The highest BCUT2D eigenvalue weighted by molar-refractivity contribution is 6.03. The van der Waals surface area contributed by atoms with Crippen molar-refractivity contribution >= 4 is 23.6 Å². The fourth-order valence-electron chi connectivity index (χ4n) is 5.78. The van der Waals surface area contributed by atoms with Crippen molar-refractivity contribution in [1.29, 1.82) is 0 Å². The highest BCUT2D eigenvalue weighted by Gasteiger charge is 2.50. The molecule has 0 radical (unpaired) electrons. The molecule has 1 saturated heterocycles. The Morgan fingerprint density at radius 2 is 1.68 bits per heavy atom. The Morgan fingerprint density at radius 1 is 1.03 bits per heavy atom. The average Bonchev–Trinajstić information content (AvgIpc) is 3.41. The average molecular weight is 503 g/mol. The highest BCUT2D eigenvalue weighted by atomic mass is 16.2. The summed E-state index contributed by atoms with van der Waals surface area (Å²) in [7, 11) is 7.64. The molecule has 1 saturated carbocycles. The molecule has 3 amide bonds. The third-order valence-electron chi connectivity index (χ3n) is 8.04. The first kappa shape index (κ1) is 24.9. The van der Waals surface area contributed by atoms with Crippen molar-refractivity contribution in [3.05, 3.63) is 65.7 Å². The van der Waals surface area contributed by atoms with E-state index < -0.39 is 0 Å². The molecule has 0 unspecified atom stereocenters. The first-order valence-corrected chi connectivity index (χ1v) is 12.6. The van der Waals surface area contributed by atoms with Crippen molar-refractivity contribution in [3.63, 3.8) is 0 Å². The topological polar surface area (TPSA) is 99.5 Å². The quantitative estimate of drug-likeness (QED) is 0.576. The van der Waals surface area contributed by atoms with Crippen LogP contribution in [0.1, 0.15) is 47.4 Å². The molecule has 2 fully saturated rings. The molecule has 2 aromatic heterocycles. The predicted molar refractivity (Wildman–Crippen MR) is 142 cm³/mol. The number of carbonyl (C=O) groups excluding carboxylic acids is 2. The predicted octanol–water partition coefficient (Wildman–Crippen LogP) is 3.09. The summed E-state index contributed by atoms with van der Waals surface area (Å²) in [6, 6.07) is 12.2. The number of nitrogens with zero attached hydrogens (tertiary/aromatic N) is 7. The number of aryl methyl sites for hydroxylation is 2. The normalized spacial score (nSPS) is 23.5. The van der Waals surface area contributed by atoms with Gasteiger partial charge in [-0.15, -0.1) is 0 Å². The van der Waals surface area contributed by atoms with Gasteiger partial charge in [0.15, 0.2) is 0 Å². The number of amides is 3. The van der Waals surface area contributed by atoms with Crippen LogP contribution in [0.25, 0.3) is 0 Å². The SMILES string of the molecule is Cc1cc(C(=O)N(C)c2ncc(N3C[C@]4(CC[C@@](c5ccccc5)(N(C)C)CC4)NC3=O)cn2)n(C)n1. The van der Waals surface area contributed by atoms with Crippen molar-refractivity contribution < 1.29 is 9.59 Å². The van der Waals surface area contributed by atoms with Crippen molar-refractivity contribution in [2.45, 2.75) is 43.7 Å². The van der Waals surface area contributed by atoms with Crippen LogP contribution in [0.2, 0.25) is 0 Å². The summed E-state index contributed by atoms with van der Waals surface area (Å²) in [5, 5.41) is 7.50. The first-order chi connectivity index (χ1) is 17.6. The minimum absolute atomic E-state index is 0.0427. The van der Waals surface area contributed by atoms with Gasteiger partial charge >= 0.3 is 6.03 Å². The van der Waals surface area contributed by atoms with E-state index in [1.165, 1.54) is 10.5 Å². The summed E-state index contributed by atoms with van der Waals surface area (Å²) in [5.74, 6) is 0.0110. The van der Waals surface area contributed by atoms with Crippen LogP contribution >= 0.6 is 0 Å². The lowest BCUT2D eigenvalue weighted by Crippen LogP contribution is -2.54. The summed E-state index contributed by atoms with van der Waals surface area (Å²) in [4.78, 5) is 40.1. The lowest BCUT2D eigenvalue weighted by molar-refractivity contribution is 0.0658. The standard InChI is InChI=1S/C27H34N8O2/c1-19-15-22(34(5)31-19)23(36)33(4)24-28-16-21(17-29-24)35-18-26(30-25(35)37)11-13-27(14-12-26,32(2)3)20-9-7-6-8-10-20/h6-10,15-17H,11-14,18H2,1-5H3,(H,30,37)/t26-,27-. The first-order valence-electron chi connectivity index (χ1n) is 12.6. The molecule has 0 atom stereocenters. The molecule has 2 aliphatic rings. The van der Waals surface area contributed by atoms with E-state index in [4.69, 9.17) is 0 Å².